The van der Waals surface area contributed by atoms with Crippen molar-refractivity contribution in [2.24, 2.45) is 11.8 Å². The molecule has 1 aliphatic carbocycles. The van der Waals surface area contributed by atoms with E-state index < -0.39 is 34.4 Å². The van der Waals surface area contributed by atoms with E-state index >= 15 is 0 Å². The molecule has 3 atom stereocenters. The van der Waals surface area contributed by atoms with Gasteiger partial charge in [0.2, 0.25) is 0 Å². The van der Waals surface area contributed by atoms with E-state index in [1.165, 1.54) is 13.0 Å². The van der Waals surface area contributed by atoms with E-state index in [9.17, 15) is 19.6 Å². The third-order valence-corrected chi connectivity index (χ3v) is 2.47. The zero-order valence-corrected chi connectivity index (χ0v) is 7.98. The molecule has 0 fully saturated rings. The minimum atomic E-state index is -0.820. The van der Waals surface area contributed by atoms with Gasteiger partial charge in [0.15, 0.2) is 5.83 Å². The Bertz CT molecular complexity index is 309. The summed E-state index contributed by atoms with van der Waals surface area (Å²) < 4.78 is 13.1. The second-order valence-corrected chi connectivity index (χ2v) is 3.46. The third kappa shape index (κ3) is 1.82. The number of aliphatic hydroxyl groups is 1. The fourth-order valence-corrected chi connectivity index (χ4v) is 1.68. The molecule has 4 nitrogen and oxygen atoms in total. The van der Waals surface area contributed by atoms with Crippen molar-refractivity contribution in [3.05, 3.63) is 33.8 Å². The van der Waals surface area contributed by atoms with Crippen LogP contribution in [0.3, 0.4) is 0 Å². The molecule has 0 aromatic heterocycles. The van der Waals surface area contributed by atoms with E-state index in [-0.39, 0.29) is 0 Å². The van der Waals surface area contributed by atoms with Gasteiger partial charge in [-0.15, -0.1) is 0 Å². The smallest absolute Gasteiger partial charge is 0.284 e. The summed E-state index contributed by atoms with van der Waals surface area (Å²) in [6.45, 7) is 3.07. The zero-order chi connectivity index (χ0) is 10.9. The van der Waals surface area contributed by atoms with E-state index in [1.807, 2.05) is 0 Å². The average molecular weight is 201 g/mol. The van der Waals surface area contributed by atoms with Crippen molar-refractivity contribution in [3.63, 3.8) is 0 Å². The summed E-state index contributed by atoms with van der Waals surface area (Å²) >= 11 is 0. The maximum absolute atomic E-state index is 13.1. The lowest BCUT2D eigenvalue weighted by Crippen LogP contribution is -2.28. The molecule has 0 bridgehead atoms. The van der Waals surface area contributed by atoms with Crippen LogP contribution in [-0.4, -0.2) is 16.1 Å². The molecular formula is C9H12FNO3. The lowest BCUT2D eigenvalue weighted by molar-refractivity contribution is -0.437. The van der Waals surface area contributed by atoms with Crippen LogP contribution in [0.5, 0.6) is 0 Å². The Labute approximate surface area is 80.9 Å². The molecule has 0 radical (unpaired) electrons. The van der Waals surface area contributed by atoms with Gasteiger partial charge in [-0.2, -0.15) is 4.39 Å². The highest BCUT2D eigenvalue weighted by atomic mass is 19.1. The molecule has 0 amide bonds. The van der Waals surface area contributed by atoms with Crippen molar-refractivity contribution < 1.29 is 14.4 Å². The molecule has 14 heavy (non-hydrogen) atoms. The standard InChI is InChI=1S/C9H12FNO3/c1-5-7(6(2)12)3-4-8(10)9(5)11(13)14/h3-7,12H,1-2H3. The SMILES string of the molecule is CC(O)C1C=CC(F)=C([N+](=O)[O-])C1C. The summed E-state index contributed by atoms with van der Waals surface area (Å²) in [7, 11) is 0. The minimum Gasteiger partial charge on any atom is -0.393 e. The van der Waals surface area contributed by atoms with Crippen LogP contribution in [0, 0.1) is 22.0 Å². The Kier molecular flexibility index (Phi) is 3.00. The summed E-state index contributed by atoms with van der Waals surface area (Å²) in [6.07, 6.45) is 1.80. The number of hydrogen-bond donors (Lipinski definition) is 1. The normalized spacial score (nSPS) is 29.1. The van der Waals surface area contributed by atoms with Crippen LogP contribution in [0.15, 0.2) is 23.7 Å². The minimum absolute atomic E-state index is 0.394. The fourth-order valence-electron chi connectivity index (χ4n) is 1.68. The summed E-state index contributed by atoms with van der Waals surface area (Å²) in [6, 6.07) is 0. The lowest BCUT2D eigenvalue weighted by Gasteiger charge is -2.23. The Hall–Kier alpha value is -1.23. The fraction of sp³-hybridized carbons (Fsp3) is 0.556. The van der Waals surface area contributed by atoms with Crippen molar-refractivity contribution in [3.8, 4) is 0 Å². The molecule has 0 saturated heterocycles. The second-order valence-electron chi connectivity index (χ2n) is 3.46. The highest BCUT2D eigenvalue weighted by molar-refractivity contribution is 5.24. The highest BCUT2D eigenvalue weighted by Crippen LogP contribution is 2.32. The van der Waals surface area contributed by atoms with Gasteiger partial charge in [-0.1, -0.05) is 13.0 Å². The second kappa shape index (κ2) is 3.88. The summed E-state index contributed by atoms with van der Waals surface area (Å²) in [5.41, 5.74) is -0.446. The van der Waals surface area contributed by atoms with E-state index in [4.69, 9.17) is 0 Å². The molecule has 3 unspecified atom stereocenters. The first-order chi connectivity index (χ1) is 6.45. The first-order valence-electron chi connectivity index (χ1n) is 4.35. The molecule has 0 aromatic rings. The van der Waals surface area contributed by atoms with Crippen LogP contribution in [0.1, 0.15) is 13.8 Å². The maximum Gasteiger partial charge on any atom is 0.284 e. The zero-order valence-electron chi connectivity index (χ0n) is 7.98. The first-order valence-corrected chi connectivity index (χ1v) is 4.35. The van der Waals surface area contributed by atoms with Gasteiger partial charge in [0.1, 0.15) is 0 Å². The molecule has 1 N–H and O–H groups in total. The molecular weight excluding hydrogens is 189 g/mol. The monoisotopic (exact) mass is 201 g/mol. The van der Waals surface area contributed by atoms with Gasteiger partial charge in [0.05, 0.1) is 16.9 Å². The van der Waals surface area contributed by atoms with E-state index in [2.05, 4.69) is 0 Å². The summed E-state index contributed by atoms with van der Waals surface area (Å²) in [5, 5.41) is 19.8. The predicted molar refractivity (Wildman–Crippen MR) is 48.6 cm³/mol. The molecule has 0 aliphatic heterocycles. The molecule has 5 heteroatoms. The summed E-state index contributed by atoms with van der Waals surface area (Å²) in [5.74, 6) is -1.82. The van der Waals surface area contributed by atoms with Crippen LogP contribution >= 0.6 is 0 Å². The van der Waals surface area contributed by atoms with Crippen molar-refractivity contribution in [2.45, 2.75) is 20.0 Å². The predicted octanol–water partition coefficient (Wildman–Crippen LogP) is 1.65. The Morgan fingerprint density at radius 2 is 2.29 bits per heavy atom. The Morgan fingerprint density at radius 1 is 1.71 bits per heavy atom. The van der Waals surface area contributed by atoms with Crippen LogP contribution in [-0.2, 0) is 0 Å². The van der Waals surface area contributed by atoms with Crippen molar-refractivity contribution >= 4 is 0 Å². The number of allylic oxidation sites excluding steroid dienone is 3. The van der Waals surface area contributed by atoms with Crippen LogP contribution in [0.2, 0.25) is 0 Å². The number of halogens is 1. The number of rotatable bonds is 2. The van der Waals surface area contributed by atoms with Crippen LogP contribution in [0.25, 0.3) is 0 Å². The number of nitro groups is 1. The molecule has 0 saturated carbocycles. The molecule has 1 rings (SSSR count). The quantitative estimate of drug-likeness (QED) is 0.545. The summed E-state index contributed by atoms with van der Waals surface area (Å²) in [4.78, 5) is 9.81. The van der Waals surface area contributed by atoms with Gasteiger partial charge in [0.25, 0.3) is 5.70 Å². The number of hydrogen-bond acceptors (Lipinski definition) is 3. The molecule has 0 spiro atoms. The number of aliphatic hydroxyl groups excluding tert-OH is 1. The van der Waals surface area contributed by atoms with Gasteiger partial charge >= 0.3 is 0 Å². The third-order valence-electron chi connectivity index (χ3n) is 2.47. The van der Waals surface area contributed by atoms with Gasteiger partial charge in [-0.25, -0.2) is 0 Å². The maximum atomic E-state index is 13.1. The first kappa shape index (κ1) is 10.8. The topological polar surface area (TPSA) is 63.4 Å². The van der Waals surface area contributed by atoms with Crippen molar-refractivity contribution in [1.82, 2.24) is 0 Å². The van der Waals surface area contributed by atoms with Crippen LogP contribution in [0.4, 0.5) is 4.39 Å². The highest BCUT2D eigenvalue weighted by Gasteiger charge is 2.35. The lowest BCUT2D eigenvalue weighted by atomic mass is 9.83. The van der Waals surface area contributed by atoms with Crippen molar-refractivity contribution in [1.29, 1.82) is 0 Å². The van der Waals surface area contributed by atoms with Gasteiger partial charge < -0.3 is 5.11 Å². The van der Waals surface area contributed by atoms with Gasteiger partial charge in [0, 0.05) is 5.92 Å². The number of nitrogens with zero attached hydrogens (tertiary/aromatic N) is 1. The average Bonchev–Trinajstić information content (AvgIpc) is 2.02. The van der Waals surface area contributed by atoms with Gasteiger partial charge in [-0.05, 0) is 13.0 Å². The Morgan fingerprint density at radius 3 is 2.71 bits per heavy atom. The van der Waals surface area contributed by atoms with E-state index in [0.717, 1.165) is 6.08 Å². The van der Waals surface area contributed by atoms with Crippen LogP contribution < -0.4 is 0 Å². The van der Waals surface area contributed by atoms with E-state index in [0.29, 0.717) is 0 Å². The molecule has 78 valence electrons. The molecule has 0 heterocycles. The largest absolute Gasteiger partial charge is 0.393 e. The van der Waals surface area contributed by atoms with Crippen molar-refractivity contribution in [2.75, 3.05) is 0 Å². The Balaban J connectivity index is 3.03. The van der Waals surface area contributed by atoms with E-state index in [1.54, 1.807) is 6.92 Å². The van der Waals surface area contributed by atoms with Gasteiger partial charge in [-0.3, -0.25) is 10.1 Å². The molecule has 1 aliphatic rings. The molecule has 0 aromatic carbocycles.